The highest BCUT2D eigenvalue weighted by Crippen LogP contribution is 2.22. The summed E-state index contributed by atoms with van der Waals surface area (Å²) in [7, 11) is 0. The van der Waals surface area contributed by atoms with Gasteiger partial charge in [-0.25, -0.2) is 9.97 Å². The van der Waals surface area contributed by atoms with Gasteiger partial charge in [-0.1, -0.05) is 12.1 Å². The molecule has 19 heavy (non-hydrogen) atoms. The Labute approximate surface area is 115 Å². The van der Waals surface area contributed by atoms with Crippen LogP contribution in [-0.4, -0.2) is 19.5 Å². The third-order valence-corrected chi connectivity index (χ3v) is 3.82. The van der Waals surface area contributed by atoms with Crippen LogP contribution in [0.25, 0.3) is 5.78 Å². The molecular weight excluding hydrogens is 258 g/mol. The zero-order chi connectivity index (χ0) is 13.1. The summed E-state index contributed by atoms with van der Waals surface area (Å²) in [5.74, 6) is 1.54. The van der Waals surface area contributed by atoms with Crippen LogP contribution >= 0.6 is 11.8 Å². The van der Waals surface area contributed by atoms with Gasteiger partial charge in [0.25, 0.3) is 0 Å². The van der Waals surface area contributed by atoms with Crippen LogP contribution < -0.4 is 0 Å². The molecule has 0 spiro atoms. The molecule has 4 nitrogen and oxygen atoms in total. The van der Waals surface area contributed by atoms with Gasteiger partial charge < -0.3 is 5.11 Å². The SMILES string of the molecule is OCc1ccc(SCc2cn3cccnc3n2)cc1. The third kappa shape index (κ3) is 2.77. The molecule has 0 saturated carbocycles. The fourth-order valence-electron chi connectivity index (χ4n) is 1.80. The molecule has 2 heterocycles. The summed E-state index contributed by atoms with van der Waals surface area (Å²) < 4.78 is 1.92. The maximum absolute atomic E-state index is 8.99. The van der Waals surface area contributed by atoms with E-state index in [1.54, 1.807) is 18.0 Å². The number of aromatic nitrogens is 3. The van der Waals surface area contributed by atoms with Crippen molar-refractivity contribution in [1.29, 1.82) is 0 Å². The van der Waals surface area contributed by atoms with Gasteiger partial charge in [-0.3, -0.25) is 4.40 Å². The molecule has 5 heteroatoms. The average Bonchev–Trinajstić information content (AvgIpc) is 2.88. The highest BCUT2D eigenvalue weighted by Gasteiger charge is 2.03. The lowest BCUT2D eigenvalue weighted by molar-refractivity contribution is 0.282. The fourth-order valence-corrected chi connectivity index (χ4v) is 2.58. The topological polar surface area (TPSA) is 50.4 Å². The number of benzene rings is 1. The molecule has 1 N–H and O–H groups in total. The van der Waals surface area contributed by atoms with Gasteiger partial charge in [0.05, 0.1) is 12.3 Å². The van der Waals surface area contributed by atoms with Crippen LogP contribution in [0.3, 0.4) is 0 Å². The summed E-state index contributed by atoms with van der Waals surface area (Å²) in [6.07, 6.45) is 5.68. The number of thioether (sulfide) groups is 1. The van der Waals surface area contributed by atoms with Crippen molar-refractivity contribution in [3.05, 3.63) is 60.2 Å². The van der Waals surface area contributed by atoms with Gasteiger partial charge in [0, 0.05) is 29.2 Å². The molecule has 0 radical (unpaired) electrons. The first kappa shape index (κ1) is 12.2. The second kappa shape index (κ2) is 5.42. The molecule has 0 fully saturated rings. The molecule has 0 saturated heterocycles. The zero-order valence-corrected chi connectivity index (χ0v) is 11.0. The van der Waals surface area contributed by atoms with E-state index in [1.165, 1.54) is 4.90 Å². The summed E-state index contributed by atoms with van der Waals surface area (Å²) in [6, 6.07) is 9.80. The van der Waals surface area contributed by atoms with E-state index in [0.29, 0.717) is 0 Å². The van der Waals surface area contributed by atoms with Gasteiger partial charge in [-0.15, -0.1) is 11.8 Å². The standard InChI is InChI=1S/C14H13N3OS/c18-9-11-2-4-13(5-3-11)19-10-12-8-17-7-1-6-15-14(17)16-12/h1-8,18H,9-10H2. The largest absolute Gasteiger partial charge is 0.392 e. The highest BCUT2D eigenvalue weighted by molar-refractivity contribution is 7.98. The minimum atomic E-state index is 0.0864. The maximum atomic E-state index is 8.99. The van der Waals surface area contributed by atoms with E-state index in [0.717, 1.165) is 22.8 Å². The number of imidazole rings is 1. The second-order valence-corrected chi connectivity index (χ2v) is 5.20. The van der Waals surface area contributed by atoms with Gasteiger partial charge in [0.2, 0.25) is 5.78 Å². The van der Waals surface area contributed by atoms with E-state index in [9.17, 15) is 0 Å². The molecule has 0 aliphatic rings. The molecule has 0 atom stereocenters. The highest BCUT2D eigenvalue weighted by atomic mass is 32.2. The predicted molar refractivity (Wildman–Crippen MR) is 74.9 cm³/mol. The van der Waals surface area contributed by atoms with Crippen LogP contribution in [0.1, 0.15) is 11.3 Å². The van der Waals surface area contributed by atoms with Crippen LogP contribution in [0, 0.1) is 0 Å². The Bertz CT molecular complexity index is 645. The number of hydrogen-bond donors (Lipinski definition) is 1. The Kier molecular flexibility index (Phi) is 3.48. The number of hydrogen-bond acceptors (Lipinski definition) is 4. The Balaban J connectivity index is 1.70. The molecule has 1 aromatic carbocycles. The molecule has 3 rings (SSSR count). The van der Waals surface area contributed by atoms with Crippen LogP contribution in [-0.2, 0) is 12.4 Å². The van der Waals surface area contributed by atoms with E-state index in [1.807, 2.05) is 47.1 Å². The monoisotopic (exact) mass is 271 g/mol. The number of aliphatic hydroxyl groups is 1. The number of rotatable bonds is 4. The predicted octanol–water partition coefficient (Wildman–Crippen LogP) is 2.51. The van der Waals surface area contributed by atoms with Crippen molar-refractivity contribution >= 4 is 17.5 Å². The molecule has 0 unspecified atom stereocenters. The average molecular weight is 271 g/mol. The number of fused-ring (bicyclic) bond motifs is 1. The van der Waals surface area contributed by atoms with Crippen molar-refractivity contribution in [3.63, 3.8) is 0 Å². The summed E-state index contributed by atoms with van der Waals surface area (Å²) in [6.45, 7) is 0.0864. The van der Waals surface area contributed by atoms with E-state index < -0.39 is 0 Å². The van der Waals surface area contributed by atoms with Crippen molar-refractivity contribution in [1.82, 2.24) is 14.4 Å². The van der Waals surface area contributed by atoms with E-state index in [2.05, 4.69) is 9.97 Å². The first-order valence-corrected chi connectivity index (χ1v) is 6.95. The van der Waals surface area contributed by atoms with Crippen molar-refractivity contribution < 1.29 is 5.11 Å². The Morgan fingerprint density at radius 1 is 1.21 bits per heavy atom. The van der Waals surface area contributed by atoms with Gasteiger partial charge in [0.15, 0.2) is 0 Å². The summed E-state index contributed by atoms with van der Waals surface area (Å²) >= 11 is 1.72. The second-order valence-electron chi connectivity index (χ2n) is 4.15. The van der Waals surface area contributed by atoms with E-state index in [-0.39, 0.29) is 6.61 Å². The summed E-state index contributed by atoms with van der Waals surface area (Å²) in [5.41, 5.74) is 1.94. The first-order valence-electron chi connectivity index (χ1n) is 5.96. The molecule has 0 aliphatic heterocycles. The Morgan fingerprint density at radius 3 is 2.79 bits per heavy atom. The third-order valence-electron chi connectivity index (χ3n) is 2.78. The minimum Gasteiger partial charge on any atom is -0.392 e. The number of aliphatic hydroxyl groups excluding tert-OH is 1. The zero-order valence-electron chi connectivity index (χ0n) is 10.2. The van der Waals surface area contributed by atoms with Crippen molar-refractivity contribution in [3.8, 4) is 0 Å². The Morgan fingerprint density at radius 2 is 2.05 bits per heavy atom. The lowest BCUT2D eigenvalue weighted by atomic mass is 10.2. The molecule has 2 aromatic heterocycles. The van der Waals surface area contributed by atoms with Crippen molar-refractivity contribution in [2.24, 2.45) is 0 Å². The van der Waals surface area contributed by atoms with E-state index in [4.69, 9.17) is 5.11 Å². The molecular formula is C14H13N3OS. The summed E-state index contributed by atoms with van der Waals surface area (Å²) in [4.78, 5) is 9.82. The quantitative estimate of drug-likeness (QED) is 0.741. The summed E-state index contributed by atoms with van der Waals surface area (Å²) in [5, 5.41) is 8.99. The van der Waals surface area contributed by atoms with Crippen LogP contribution in [0.2, 0.25) is 0 Å². The van der Waals surface area contributed by atoms with Gasteiger partial charge in [-0.2, -0.15) is 0 Å². The van der Waals surface area contributed by atoms with Crippen molar-refractivity contribution in [2.75, 3.05) is 0 Å². The first-order chi connectivity index (χ1) is 9.35. The fraction of sp³-hybridized carbons (Fsp3) is 0.143. The molecule has 0 aliphatic carbocycles. The van der Waals surface area contributed by atoms with Gasteiger partial charge in [0.1, 0.15) is 0 Å². The number of nitrogens with zero attached hydrogens (tertiary/aromatic N) is 3. The molecule has 0 amide bonds. The van der Waals surface area contributed by atoms with Gasteiger partial charge >= 0.3 is 0 Å². The van der Waals surface area contributed by atoms with Crippen molar-refractivity contribution in [2.45, 2.75) is 17.3 Å². The van der Waals surface area contributed by atoms with Crippen LogP contribution in [0.4, 0.5) is 0 Å². The minimum absolute atomic E-state index is 0.0864. The maximum Gasteiger partial charge on any atom is 0.233 e. The van der Waals surface area contributed by atoms with E-state index >= 15 is 0 Å². The lowest BCUT2D eigenvalue weighted by Crippen LogP contribution is -1.83. The van der Waals surface area contributed by atoms with Gasteiger partial charge in [-0.05, 0) is 23.8 Å². The van der Waals surface area contributed by atoms with Crippen LogP contribution in [0.15, 0.2) is 53.8 Å². The van der Waals surface area contributed by atoms with Crippen LogP contribution in [0.5, 0.6) is 0 Å². The smallest absolute Gasteiger partial charge is 0.233 e. The molecule has 3 aromatic rings. The molecule has 0 bridgehead atoms. The lowest BCUT2D eigenvalue weighted by Gasteiger charge is -2.00. The molecule has 96 valence electrons. The normalized spacial score (nSPS) is 11.0. The Hall–Kier alpha value is -1.85.